The third-order valence-electron chi connectivity index (χ3n) is 6.23. The molecule has 0 radical (unpaired) electrons. The van der Waals surface area contributed by atoms with Crippen molar-refractivity contribution in [1.29, 1.82) is 0 Å². The molecule has 4 rings (SSSR count). The van der Waals surface area contributed by atoms with Crippen molar-refractivity contribution in [3.63, 3.8) is 0 Å². The van der Waals surface area contributed by atoms with E-state index in [9.17, 15) is 22.8 Å². The Morgan fingerprint density at radius 1 is 0.829 bits per heavy atom. The molecule has 0 bridgehead atoms. The Morgan fingerprint density at radius 2 is 1.31 bits per heavy atom. The molecule has 1 N–H and O–H groups in total. The fourth-order valence-corrected chi connectivity index (χ4v) is 5.44. The Kier molecular flexibility index (Phi) is 6.69. The van der Waals surface area contributed by atoms with Crippen LogP contribution in [0, 0.1) is 19.8 Å². The number of benzene rings is 3. The number of fused-ring (bicyclic) bond motifs is 1. The molecule has 0 saturated heterocycles. The zero-order chi connectivity index (χ0) is 25.3. The first-order chi connectivity index (χ1) is 16.6. The molecule has 0 unspecified atom stereocenters. The lowest BCUT2D eigenvalue weighted by atomic mass is 9.89. The van der Waals surface area contributed by atoms with Crippen molar-refractivity contribution in [3.05, 3.63) is 101 Å². The van der Waals surface area contributed by atoms with Crippen LogP contribution in [-0.4, -0.2) is 37.5 Å². The summed E-state index contributed by atoms with van der Waals surface area (Å²) in [5, 5.41) is 0. The van der Waals surface area contributed by atoms with Crippen LogP contribution in [0.5, 0.6) is 0 Å². The molecule has 180 valence electrons. The standard InChI is InChI=1S/C27H26N2O5S/c1-17-8-12-20(13-9-17)25(28-35(33,34)21-14-10-18(2)11-15-21)24(19(3)30)16-29-26(31)22-6-4-5-7-23(22)27(29)32/h4-15,24-25,28H,16H2,1-3H3/t24-,25+/m0/s1. The number of Topliss-reactive ketones (excluding diaryl/α,β-unsaturated/α-hetero) is 1. The number of ketones is 1. The SMILES string of the molecule is CC(=O)[C@H](CN1C(=O)c2ccccc2C1=O)[C@H](NS(=O)(=O)c1ccc(C)cc1)c1ccc(C)cc1. The number of nitrogens with zero attached hydrogens (tertiary/aromatic N) is 1. The van der Waals surface area contributed by atoms with E-state index in [0.29, 0.717) is 5.56 Å². The van der Waals surface area contributed by atoms with Gasteiger partial charge in [-0.25, -0.2) is 13.1 Å². The van der Waals surface area contributed by atoms with Gasteiger partial charge in [-0.05, 0) is 50.6 Å². The van der Waals surface area contributed by atoms with Gasteiger partial charge in [0.25, 0.3) is 11.8 Å². The molecule has 35 heavy (non-hydrogen) atoms. The molecule has 8 heteroatoms. The van der Waals surface area contributed by atoms with Crippen LogP contribution in [0.1, 0.15) is 50.4 Å². The van der Waals surface area contributed by atoms with E-state index in [1.54, 1.807) is 48.5 Å². The van der Waals surface area contributed by atoms with E-state index in [1.165, 1.54) is 19.1 Å². The van der Waals surface area contributed by atoms with Gasteiger partial charge in [-0.15, -0.1) is 0 Å². The average molecular weight is 491 g/mol. The zero-order valence-corrected chi connectivity index (χ0v) is 20.5. The number of aryl methyl sites for hydroxylation is 2. The Bertz CT molecular complexity index is 1360. The second-order valence-corrected chi connectivity index (χ2v) is 10.5. The largest absolute Gasteiger partial charge is 0.300 e. The minimum Gasteiger partial charge on any atom is -0.300 e. The highest BCUT2D eigenvalue weighted by Crippen LogP contribution is 2.30. The summed E-state index contributed by atoms with van der Waals surface area (Å²) in [5.41, 5.74) is 2.97. The molecule has 2 amide bonds. The lowest BCUT2D eigenvalue weighted by Gasteiger charge is -2.29. The highest BCUT2D eigenvalue weighted by atomic mass is 32.2. The van der Waals surface area contributed by atoms with Crippen LogP contribution in [-0.2, 0) is 14.8 Å². The summed E-state index contributed by atoms with van der Waals surface area (Å²) in [6, 6.07) is 19.0. The van der Waals surface area contributed by atoms with Gasteiger partial charge in [-0.3, -0.25) is 19.3 Å². The van der Waals surface area contributed by atoms with E-state index in [2.05, 4.69) is 4.72 Å². The Morgan fingerprint density at radius 3 is 1.80 bits per heavy atom. The fraction of sp³-hybridized carbons (Fsp3) is 0.222. The zero-order valence-electron chi connectivity index (χ0n) is 19.7. The lowest BCUT2D eigenvalue weighted by Crippen LogP contribution is -2.44. The first-order valence-electron chi connectivity index (χ1n) is 11.2. The monoisotopic (exact) mass is 490 g/mol. The van der Waals surface area contributed by atoms with E-state index in [-0.39, 0.29) is 28.4 Å². The maximum absolute atomic E-state index is 13.3. The van der Waals surface area contributed by atoms with Crippen LogP contribution in [0.15, 0.2) is 77.7 Å². The van der Waals surface area contributed by atoms with Crippen LogP contribution in [0.4, 0.5) is 0 Å². The van der Waals surface area contributed by atoms with Crippen molar-refractivity contribution < 1.29 is 22.8 Å². The highest BCUT2D eigenvalue weighted by molar-refractivity contribution is 7.89. The summed E-state index contributed by atoms with van der Waals surface area (Å²) in [4.78, 5) is 39.9. The van der Waals surface area contributed by atoms with Crippen molar-refractivity contribution in [3.8, 4) is 0 Å². The maximum Gasteiger partial charge on any atom is 0.261 e. The highest BCUT2D eigenvalue weighted by Gasteiger charge is 2.40. The molecule has 7 nitrogen and oxygen atoms in total. The predicted molar refractivity (Wildman–Crippen MR) is 131 cm³/mol. The third-order valence-corrected chi connectivity index (χ3v) is 7.69. The molecule has 0 aromatic heterocycles. The molecule has 3 aromatic carbocycles. The Labute approximate surface area is 204 Å². The Hall–Kier alpha value is -3.62. The topological polar surface area (TPSA) is 101 Å². The summed E-state index contributed by atoms with van der Waals surface area (Å²) in [5.74, 6) is -2.35. The second kappa shape index (κ2) is 9.56. The summed E-state index contributed by atoms with van der Waals surface area (Å²) < 4.78 is 29.3. The number of hydrogen-bond donors (Lipinski definition) is 1. The van der Waals surface area contributed by atoms with Gasteiger partial charge >= 0.3 is 0 Å². The van der Waals surface area contributed by atoms with Crippen LogP contribution in [0.3, 0.4) is 0 Å². The molecule has 2 atom stereocenters. The third kappa shape index (κ3) is 4.94. The average Bonchev–Trinajstić information content (AvgIpc) is 3.06. The molecule has 0 spiro atoms. The lowest BCUT2D eigenvalue weighted by molar-refractivity contribution is -0.121. The second-order valence-electron chi connectivity index (χ2n) is 8.81. The summed E-state index contributed by atoms with van der Waals surface area (Å²) in [7, 11) is -4.02. The van der Waals surface area contributed by atoms with Gasteiger partial charge in [0.1, 0.15) is 5.78 Å². The molecule has 0 aliphatic carbocycles. The van der Waals surface area contributed by atoms with Gasteiger partial charge in [-0.1, -0.05) is 59.7 Å². The molecule has 3 aromatic rings. The number of amides is 2. The van der Waals surface area contributed by atoms with E-state index < -0.39 is 33.8 Å². The van der Waals surface area contributed by atoms with Crippen LogP contribution in [0.25, 0.3) is 0 Å². The first-order valence-corrected chi connectivity index (χ1v) is 12.7. The number of sulfonamides is 1. The van der Waals surface area contributed by atoms with Gasteiger partial charge in [0.05, 0.1) is 28.0 Å². The van der Waals surface area contributed by atoms with Gasteiger partial charge in [0.15, 0.2) is 0 Å². The van der Waals surface area contributed by atoms with Crippen LogP contribution < -0.4 is 4.72 Å². The van der Waals surface area contributed by atoms with Gasteiger partial charge in [0, 0.05) is 6.54 Å². The van der Waals surface area contributed by atoms with Crippen LogP contribution >= 0.6 is 0 Å². The Balaban J connectivity index is 1.72. The van der Waals surface area contributed by atoms with Gasteiger partial charge in [-0.2, -0.15) is 0 Å². The number of carbonyl (C=O) groups is 3. The van der Waals surface area contributed by atoms with Crippen molar-refractivity contribution in [2.45, 2.75) is 31.7 Å². The smallest absolute Gasteiger partial charge is 0.261 e. The van der Waals surface area contributed by atoms with Gasteiger partial charge in [0.2, 0.25) is 10.0 Å². The van der Waals surface area contributed by atoms with Crippen molar-refractivity contribution in [1.82, 2.24) is 9.62 Å². The quantitative estimate of drug-likeness (QED) is 0.484. The number of rotatable bonds is 8. The molecule has 0 fully saturated rings. The van der Waals surface area contributed by atoms with E-state index in [0.717, 1.165) is 16.0 Å². The molecular formula is C27H26N2O5S. The number of nitrogens with one attached hydrogen (secondary N) is 1. The minimum atomic E-state index is -4.02. The molecule has 0 saturated carbocycles. The van der Waals surface area contributed by atoms with Crippen molar-refractivity contribution in [2.75, 3.05) is 6.54 Å². The van der Waals surface area contributed by atoms with E-state index in [1.807, 2.05) is 26.0 Å². The fourth-order valence-electron chi connectivity index (χ4n) is 4.18. The van der Waals surface area contributed by atoms with Crippen LogP contribution in [0.2, 0.25) is 0 Å². The van der Waals surface area contributed by atoms with E-state index >= 15 is 0 Å². The number of imide groups is 1. The van der Waals surface area contributed by atoms with Gasteiger partial charge < -0.3 is 0 Å². The summed E-state index contributed by atoms with van der Waals surface area (Å²) >= 11 is 0. The normalized spacial score (nSPS) is 15.1. The molecule has 1 heterocycles. The van der Waals surface area contributed by atoms with Crippen molar-refractivity contribution in [2.24, 2.45) is 5.92 Å². The first kappa shape index (κ1) is 24.5. The maximum atomic E-state index is 13.3. The van der Waals surface area contributed by atoms with Crippen molar-refractivity contribution >= 4 is 27.6 Å². The molecule has 1 aliphatic heterocycles. The molecular weight excluding hydrogens is 464 g/mol. The summed E-state index contributed by atoms with van der Waals surface area (Å²) in [6.45, 7) is 4.84. The number of hydrogen-bond acceptors (Lipinski definition) is 5. The molecule has 1 aliphatic rings. The van der Waals surface area contributed by atoms with E-state index in [4.69, 9.17) is 0 Å². The summed E-state index contributed by atoms with van der Waals surface area (Å²) in [6.07, 6.45) is 0. The number of carbonyl (C=O) groups excluding carboxylic acids is 3. The predicted octanol–water partition coefficient (Wildman–Crippen LogP) is 3.82. The minimum absolute atomic E-state index is 0.0586.